The Morgan fingerprint density at radius 3 is 2.64 bits per heavy atom. The Morgan fingerprint density at radius 1 is 1.36 bits per heavy atom. The van der Waals surface area contributed by atoms with E-state index >= 15 is 0 Å². The van der Waals surface area contributed by atoms with Crippen LogP contribution in [0.3, 0.4) is 0 Å². The molecule has 2 N–H and O–H groups in total. The lowest BCUT2D eigenvalue weighted by Gasteiger charge is -2.15. The van der Waals surface area contributed by atoms with Crippen LogP contribution in [0.1, 0.15) is 12.5 Å². The number of halogens is 1. The number of hydrogen-bond acceptors (Lipinski definition) is 5. The number of alkyl carbamates (subject to hydrolysis) is 1. The predicted molar refractivity (Wildman–Crippen MR) is 88.2 cm³/mol. The molecule has 1 rings (SSSR count). The summed E-state index contributed by atoms with van der Waals surface area (Å²) in [6.45, 7) is 2.34. The van der Waals surface area contributed by atoms with Crippen molar-refractivity contribution in [3.63, 3.8) is 0 Å². The molecule has 22 heavy (non-hydrogen) atoms. The molecule has 1 aromatic rings. The summed E-state index contributed by atoms with van der Waals surface area (Å²) in [5, 5.41) is 4.65. The summed E-state index contributed by atoms with van der Waals surface area (Å²) in [6.07, 6.45) is -0.737. The van der Waals surface area contributed by atoms with Gasteiger partial charge < -0.3 is 15.4 Å². The van der Waals surface area contributed by atoms with Gasteiger partial charge in [0.05, 0.1) is 0 Å². The fourth-order valence-corrected chi connectivity index (χ4v) is 2.09. The van der Waals surface area contributed by atoms with E-state index in [1.807, 2.05) is 24.3 Å². The first-order valence-corrected chi connectivity index (χ1v) is 7.78. The van der Waals surface area contributed by atoms with Crippen LogP contribution in [0.15, 0.2) is 28.7 Å². The van der Waals surface area contributed by atoms with E-state index in [0.29, 0.717) is 0 Å². The summed E-state index contributed by atoms with van der Waals surface area (Å²) in [4.78, 5) is 34.2. The highest BCUT2D eigenvalue weighted by Gasteiger charge is 2.20. The van der Waals surface area contributed by atoms with Gasteiger partial charge in [0.25, 0.3) is 0 Å². The van der Waals surface area contributed by atoms with Crippen molar-refractivity contribution in [2.24, 2.45) is 0 Å². The topological polar surface area (TPSA) is 84.5 Å². The van der Waals surface area contributed by atoms with E-state index in [4.69, 9.17) is 4.74 Å². The maximum absolute atomic E-state index is 11.7. The lowest BCUT2D eigenvalue weighted by atomic mass is 10.2. The molecule has 1 aromatic carbocycles. The summed E-state index contributed by atoms with van der Waals surface area (Å²) in [5.41, 5.74) is 0.802. The van der Waals surface area contributed by atoms with Gasteiger partial charge in [0.1, 0.15) is 19.2 Å². The maximum Gasteiger partial charge on any atom is 0.408 e. The number of carbonyl (C=O) groups excluding carboxylic acids is 3. The second kappa shape index (κ2) is 9.47. The van der Waals surface area contributed by atoms with Crippen LogP contribution in [0.2, 0.25) is 0 Å². The first-order valence-electron chi connectivity index (χ1n) is 6.35. The van der Waals surface area contributed by atoms with Gasteiger partial charge in [0, 0.05) is 22.7 Å². The van der Waals surface area contributed by atoms with Gasteiger partial charge in [-0.1, -0.05) is 34.1 Å². The number of nitrogens with one attached hydrogen (secondary N) is 2. The minimum absolute atomic E-state index is 0.0656. The Balaban J connectivity index is 2.46. The Hall–Kier alpha value is -1.54. The summed E-state index contributed by atoms with van der Waals surface area (Å²) < 4.78 is 5.87. The number of benzene rings is 1. The molecule has 6 nitrogen and oxygen atoms in total. The number of rotatable bonds is 7. The fourth-order valence-electron chi connectivity index (χ4n) is 1.42. The smallest absolute Gasteiger partial charge is 0.408 e. The second-order valence-electron chi connectivity index (χ2n) is 4.29. The normalized spacial score (nSPS) is 11.4. The van der Waals surface area contributed by atoms with Crippen molar-refractivity contribution in [3.05, 3.63) is 40.8 Å². The van der Waals surface area contributed by atoms with Gasteiger partial charge in [-0.3, -0.25) is 9.59 Å². The van der Waals surface area contributed by atoms with Crippen molar-refractivity contribution in [3.8, 4) is 0 Å². The Morgan fingerprint density at radius 2 is 2.05 bits per heavy atom. The molecule has 0 saturated carbocycles. The first kappa shape index (κ1) is 18.5. The van der Waals surface area contributed by atoms with Gasteiger partial charge in [-0.25, -0.2) is 4.79 Å². The Bertz CT molecular complexity index is 553. The number of ketones is 1. The molecule has 0 bridgehead atoms. The van der Waals surface area contributed by atoms with Crippen LogP contribution in [0.5, 0.6) is 0 Å². The van der Waals surface area contributed by atoms with Crippen molar-refractivity contribution < 1.29 is 19.1 Å². The largest absolute Gasteiger partial charge is 0.445 e. The maximum atomic E-state index is 11.7. The zero-order valence-corrected chi connectivity index (χ0v) is 14.3. The molecule has 1 radical (unpaired) electrons. The number of thiol groups is 1. The van der Waals surface area contributed by atoms with E-state index in [9.17, 15) is 14.4 Å². The molecule has 2 amide bonds. The number of amides is 2. The van der Waals surface area contributed by atoms with Crippen LogP contribution >= 0.6 is 28.6 Å². The molecule has 0 unspecified atom stereocenters. The van der Waals surface area contributed by atoms with E-state index in [1.165, 1.54) is 6.92 Å². The Labute approximate surface area is 142 Å². The van der Waals surface area contributed by atoms with Gasteiger partial charge in [0.15, 0.2) is 5.78 Å². The third-order valence-corrected chi connectivity index (χ3v) is 3.69. The molecule has 0 aromatic heterocycles. The number of carbonyl (C=O) groups is 3. The van der Waals surface area contributed by atoms with Crippen LogP contribution in [-0.4, -0.2) is 29.6 Å². The van der Waals surface area contributed by atoms with Crippen molar-refractivity contribution in [1.29, 1.82) is 0 Å². The molecule has 0 fully saturated rings. The minimum Gasteiger partial charge on any atom is -0.445 e. The quantitative estimate of drug-likeness (QED) is 0.623. The average molecular weight is 388 g/mol. The molecule has 0 spiro atoms. The highest BCUT2D eigenvalue weighted by molar-refractivity contribution is 9.10. The number of Topliss-reactive ketones (excluding diaryl/α,β-unsaturated/α-hetero) is 1. The van der Waals surface area contributed by atoms with Gasteiger partial charge in [-0.2, -0.15) is 12.6 Å². The lowest BCUT2D eigenvalue weighted by molar-refractivity contribution is -0.122. The Kier molecular flexibility index (Phi) is 7.97. The van der Waals surface area contributed by atoms with E-state index < -0.39 is 17.9 Å². The van der Waals surface area contributed by atoms with E-state index in [1.54, 1.807) is 0 Å². The van der Waals surface area contributed by atoms with Gasteiger partial charge in [-0.05, 0) is 6.07 Å². The third kappa shape index (κ3) is 6.48. The molecular weight excluding hydrogens is 372 g/mol. The first-order chi connectivity index (χ1) is 10.4. The molecule has 0 heterocycles. The van der Waals surface area contributed by atoms with E-state index in [-0.39, 0.29) is 18.3 Å². The average Bonchev–Trinajstić information content (AvgIpc) is 2.49. The number of ether oxygens (including phenoxy) is 1. The van der Waals surface area contributed by atoms with E-state index in [2.05, 4.69) is 39.2 Å². The lowest BCUT2D eigenvalue weighted by Crippen LogP contribution is -2.44. The zero-order valence-electron chi connectivity index (χ0n) is 11.8. The molecule has 0 aliphatic heterocycles. The van der Waals surface area contributed by atoms with Crippen LogP contribution in [0, 0.1) is 6.54 Å². The van der Waals surface area contributed by atoms with Gasteiger partial charge >= 0.3 is 6.09 Å². The summed E-state index contributed by atoms with van der Waals surface area (Å²) >= 11 is 7.34. The molecule has 119 valence electrons. The monoisotopic (exact) mass is 387 g/mol. The van der Waals surface area contributed by atoms with Crippen LogP contribution < -0.4 is 10.6 Å². The second-order valence-corrected chi connectivity index (χ2v) is 5.51. The summed E-state index contributed by atoms with van der Waals surface area (Å²) in [6, 6.07) is 6.44. The van der Waals surface area contributed by atoms with Crippen molar-refractivity contribution >= 4 is 46.3 Å². The molecule has 0 aliphatic rings. The van der Waals surface area contributed by atoms with Crippen LogP contribution in [-0.2, 0) is 20.9 Å². The molecule has 8 heteroatoms. The highest BCUT2D eigenvalue weighted by atomic mass is 79.9. The summed E-state index contributed by atoms with van der Waals surface area (Å²) in [5.74, 6) is -0.759. The highest BCUT2D eigenvalue weighted by Crippen LogP contribution is 2.16. The molecule has 0 aliphatic carbocycles. The SMILES string of the molecule is CC(=O)N[CH]C(=O)[C@H](CS)NC(=O)OCc1ccccc1Br. The van der Waals surface area contributed by atoms with E-state index in [0.717, 1.165) is 16.6 Å². The third-order valence-electron chi connectivity index (χ3n) is 2.55. The van der Waals surface area contributed by atoms with Crippen LogP contribution in [0.4, 0.5) is 4.79 Å². The van der Waals surface area contributed by atoms with Crippen molar-refractivity contribution in [1.82, 2.24) is 10.6 Å². The standard InChI is InChI=1S/C14H16BrN2O4S/c1-9(18)16-6-13(19)12(8-22)17-14(20)21-7-10-4-2-3-5-11(10)15/h2-6,12,22H,7-8H2,1H3,(H,16,18)(H,17,20)/t12-/m0/s1. The zero-order chi connectivity index (χ0) is 16.5. The van der Waals surface area contributed by atoms with Crippen molar-refractivity contribution in [2.75, 3.05) is 5.75 Å². The van der Waals surface area contributed by atoms with Crippen LogP contribution in [0.25, 0.3) is 0 Å². The summed E-state index contributed by atoms with van der Waals surface area (Å²) in [7, 11) is 0. The molecular formula is C14H16BrN2O4S. The number of hydrogen-bond donors (Lipinski definition) is 3. The molecule has 0 saturated heterocycles. The minimum atomic E-state index is -0.873. The molecule has 1 atom stereocenters. The van der Waals surface area contributed by atoms with Crippen molar-refractivity contribution in [2.45, 2.75) is 19.6 Å². The fraction of sp³-hybridized carbons (Fsp3) is 0.286. The van der Waals surface area contributed by atoms with Gasteiger partial charge in [0.2, 0.25) is 5.91 Å². The van der Waals surface area contributed by atoms with Gasteiger partial charge in [-0.15, -0.1) is 0 Å². The predicted octanol–water partition coefficient (Wildman–Crippen LogP) is 1.84.